The fraction of sp³-hybridized carbons (Fsp3) is 0.233. The maximum atomic E-state index is 13.6. The molecule has 0 radical (unpaired) electrons. The van der Waals surface area contributed by atoms with Crippen LogP contribution in [-0.2, 0) is 16.1 Å². The Morgan fingerprint density at radius 1 is 0.949 bits per heavy atom. The van der Waals surface area contributed by atoms with Crippen molar-refractivity contribution in [1.82, 2.24) is 9.80 Å². The van der Waals surface area contributed by atoms with Gasteiger partial charge in [0.25, 0.3) is 11.8 Å². The Bertz CT molecular complexity index is 1420. The zero-order valence-corrected chi connectivity index (χ0v) is 23.1. The van der Waals surface area contributed by atoms with Gasteiger partial charge in [-0.2, -0.15) is 0 Å². The molecule has 2 aliphatic rings. The molecule has 0 spiro atoms. The lowest BCUT2D eigenvalue weighted by molar-refractivity contribution is -0.114. The SMILES string of the molecule is CCOC(=O)N1CCN(C(=O)c2ccc(/C=C3/Sc4ccccc4N(Cc4cccc(Cl)c4)C3=O)cc2)CC1. The molecule has 9 heteroatoms. The maximum absolute atomic E-state index is 13.6. The molecule has 1 saturated heterocycles. The Balaban J connectivity index is 1.30. The summed E-state index contributed by atoms with van der Waals surface area (Å²) < 4.78 is 5.05. The van der Waals surface area contributed by atoms with Gasteiger partial charge in [0.15, 0.2) is 0 Å². The molecule has 7 nitrogen and oxygen atoms in total. The first-order chi connectivity index (χ1) is 18.9. The molecular weight excluding hydrogens is 534 g/mol. The summed E-state index contributed by atoms with van der Waals surface area (Å²) in [4.78, 5) is 45.3. The van der Waals surface area contributed by atoms with Crippen LogP contribution in [-0.4, -0.2) is 60.5 Å². The zero-order valence-electron chi connectivity index (χ0n) is 21.5. The zero-order chi connectivity index (χ0) is 27.4. The molecular formula is C30H28ClN3O4S. The van der Waals surface area contributed by atoms with E-state index in [-0.39, 0.29) is 17.9 Å². The first kappa shape index (κ1) is 26.8. The minimum Gasteiger partial charge on any atom is -0.450 e. The number of carbonyl (C=O) groups is 3. The number of piperazine rings is 1. The van der Waals surface area contributed by atoms with Crippen molar-refractivity contribution in [2.75, 3.05) is 37.7 Å². The number of benzene rings is 3. The monoisotopic (exact) mass is 561 g/mol. The molecule has 0 unspecified atom stereocenters. The van der Waals surface area contributed by atoms with Gasteiger partial charge < -0.3 is 19.4 Å². The second-order valence-corrected chi connectivity index (χ2v) is 10.7. The van der Waals surface area contributed by atoms with Crippen LogP contribution in [0.25, 0.3) is 6.08 Å². The first-order valence-electron chi connectivity index (χ1n) is 12.8. The third kappa shape index (κ3) is 6.13. The standard InChI is InChI=1S/C30H28ClN3O4S/c1-2-38-30(37)33-16-14-32(15-17-33)28(35)23-12-10-21(11-13-23)19-27-29(36)34(20-22-6-5-7-24(31)18-22)25-8-3-4-9-26(25)39-27/h3-13,18-19H,2,14-17,20H2,1H3/b27-19+. The van der Waals surface area contributed by atoms with Crippen LogP contribution in [0.2, 0.25) is 5.02 Å². The number of anilines is 1. The highest BCUT2D eigenvalue weighted by Crippen LogP contribution is 2.42. The van der Waals surface area contributed by atoms with Crippen LogP contribution >= 0.6 is 23.4 Å². The van der Waals surface area contributed by atoms with E-state index in [0.717, 1.165) is 21.7 Å². The number of halogens is 1. The van der Waals surface area contributed by atoms with E-state index in [1.54, 1.807) is 33.8 Å². The number of amides is 3. The van der Waals surface area contributed by atoms with Crippen molar-refractivity contribution < 1.29 is 19.1 Å². The van der Waals surface area contributed by atoms with Crippen molar-refractivity contribution in [3.63, 3.8) is 0 Å². The summed E-state index contributed by atoms with van der Waals surface area (Å²) in [5.74, 6) is -0.166. The topological polar surface area (TPSA) is 70.2 Å². The van der Waals surface area contributed by atoms with Crippen LogP contribution in [0.5, 0.6) is 0 Å². The Morgan fingerprint density at radius 3 is 2.38 bits per heavy atom. The lowest BCUT2D eigenvalue weighted by Gasteiger charge is -2.34. The predicted molar refractivity (Wildman–Crippen MR) is 154 cm³/mol. The number of hydrogen-bond donors (Lipinski definition) is 0. The molecule has 0 aliphatic carbocycles. The van der Waals surface area contributed by atoms with E-state index in [1.807, 2.05) is 66.7 Å². The molecule has 0 bridgehead atoms. The molecule has 3 aromatic carbocycles. The molecule has 0 atom stereocenters. The molecule has 39 heavy (non-hydrogen) atoms. The summed E-state index contributed by atoms with van der Waals surface area (Å²) in [7, 11) is 0. The number of rotatable bonds is 5. The number of fused-ring (bicyclic) bond motifs is 1. The molecule has 2 heterocycles. The average molecular weight is 562 g/mol. The van der Waals surface area contributed by atoms with Crippen LogP contribution in [0.15, 0.2) is 82.6 Å². The van der Waals surface area contributed by atoms with Gasteiger partial charge in [-0.15, -0.1) is 0 Å². The second-order valence-electron chi connectivity index (χ2n) is 9.20. The number of carbonyl (C=O) groups excluding carboxylic acids is 3. The van der Waals surface area contributed by atoms with E-state index >= 15 is 0 Å². The largest absolute Gasteiger partial charge is 0.450 e. The summed E-state index contributed by atoms with van der Waals surface area (Å²) in [6, 6.07) is 22.6. The molecule has 1 fully saturated rings. The van der Waals surface area contributed by atoms with E-state index in [4.69, 9.17) is 16.3 Å². The Morgan fingerprint density at radius 2 is 1.67 bits per heavy atom. The number of thioether (sulfide) groups is 1. The molecule has 0 N–H and O–H groups in total. The Kier molecular flexibility index (Phi) is 8.24. The lowest BCUT2D eigenvalue weighted by Crippen LogP contribution is -2.50. The third-order valence-corrected chi connectivity index (χ3v) is 7.92. The Hall–Kier alpha value is -3.75. The summed E-state index contributed by atoms with van der Waals surface area (Å²) >= 11 is 7.63. The summed E-state index contributed by atoms with van der Waals surface area (Å²) in [5.41, 5.74) is 3.21. The molecule has 0 saturated carbocycles. The van der Waals surface area contributed by atoms with Crippen LogP contribution in [0.3, 0.4) is 0 Å². The first-order valence-corrected chi connectivity index (χ1v) is 14.0. The lowest BCUT2D eigenvalue weighted by atomic mass is 10.1. The van der Waals surface area contributed by atoms with E-state index in [9.17, 15) is 14.4 Å². The van der Waals surface area contributed by atoms with Gasteiger partial charge >= 0.3 is 6.09 Å². The van der Waals surface area contributed by atoms with Gasteiger partial charge in [0.2, 0.25) is 0 Å². The van der Waals surface area contributed by atoms with E-state index < -0.39 is 0 Å². The molecule has 200 valence electrons. The third-order valence-electron chi connectivity index (χ3n) is 6.61. The summed E-state index contributed by atoms with van der Waals surface area (Å²) in [5, 5.41) is 0.630. The number of hydrogen-bond acceptors (Lipinski definition) is 5. The minimum absolute atomic E-state index is 0.0811. The average Bonchev–Trinajstić information content (AvgIpc) is 2.95. The van der Waals surface area contributed by atoms with Crippen molar-refractivity contribution in [2.45, 2.75) is 18.4 Å². The van der Waals surface area contributed by atoms with Crippen LogP contribution in [0.1, 0.15) is 28.4 Å². The smallest absolute Gasteiger partial charge is 0.409 e. The van der Waals surface area contributed by atoms with Crippen LogP contribution in [0.4, 0.5) is 10.5 Å². The van der Waals surface area contributed by atoms with Crippen molar-refractivity contribution in [3.05, 3.63) is 99.4 Å². The van der Waals surface area contributed by atoms with Gasteiger partial charge in [0.1, 0.15) is 0 Å². The van der Waals surface area contributed by atoms with Gasteiger partial charge in [0.05, 0.1) is 23.7 Å². The fourth-order valence-electron chi connectivity index (χ4n) is 4.60. The Labute approximate surface area is 237 Å². The highest BCUT2D eigenvalue weighted by atomic mass is 35.5. The summed E-state index contributed by atoms with van der Waals surface area (Å²) in [6.45, 7) is 4.31. The second kappa shape index (κ2) is 12.0. The maximum Gasteiger partial charge on any atom is 0.409 e. The number of ether oxygens (including phenoxy) is 1. The minimum atomic E-state index is -0.342. The number of nitrogens with zero attached hydrogens (tertiary/aromatic N) is 3. The molecule has 3 amide bonds. The van der Waals surface area contributed by atoms with E-state index in [0.29, 0.717) is 54.8 Å². The van der Waals surface area contributed by atoms with Gasteiger partial charge in [-0.25, -0.2) is 4.79 Å². The van der Waals surface area contributed by atoms with Gasteiger partial charge in [-0.3, -0.25) is 9.59 Å². The molecule has 5 rings (SSSR count). The van der Waals surface area contributed by atoms with Crippen LogP contribution in [0, 0.1) is 0 Å². The van der Waals surface area contributed by atoms with Gasteiger partial charge in [-0.05, 0) is 60.5 Å². The van der Waals surface area contributed by atoms with Crippen molar-refractivity contribution in [1.29, 1.82) is 0 Å². The van der Waals surface area contributed by atoms with Crippen LogP contribution < -0.4 is 4.90 Å². The quantitative estimate of drug-likeness (QED) is 0.361. The fourth-order valence-corrected chi connectivity index (χ4v) is 5.87. The molecule has 0 aromatic heterocycles. The normalized spacial score (nSPS) is 16.3. The van der Waals surface area contributed by atoms with Crippen molar-refractivity contribution in [3.8, 4) is 0 Å². The highest BCUT2D eigenvalue weighted by molar-refractivity contribution is 8.04. The van der Waals surface area contributed by atoms with Crippen molar-refractivity contribution >= 4 is 53.0 Å². The van der Waals surface area contributed by atoms with Crippen molar-refractivity contribution in [2.24, 2.45) is 0 Å². The van der Waals surface area contributed by atoms with Gasteiger partial charge in [-0.1, -0.05) is 59.8 Å². The van der Waals surface area contributed by atoms with E-state index in [1.165, 1.54) is 11.8 Å². The summed E-state index contributed by atoms with van der Waals surface area (Å²) in [6.07, 6.45) is 1.52. The predicted octanol–water partition coefficient (Wildman–Crippen LogP) is 5.93. The highest BCUT2D eigenvalue weighted by Gasteiger charge is 2.29. The van der Waals surface area contributed by atoms with Gasteiger partial charge in [0, 0.05) is 41.7 Å². The van der Waals surface area contributed by atoms with E-state index in [2.05, 4.69) is 0 Å². The molecule has 2 aliphatic heterocycles. The number of para-hydroxylation sites is 1. The molecule has 3 aromatic rings.